The first-order chi connectivity index (χ1) is 12.6. The molecule has 150 valence electrons. The predicted molar refractivity (Wildman–Crippen MR) is 85.2 cm³/mol. The van der Waals surface area contributed by atoms with Gasteiger partial charge in [0.2, 0.25) is 0 Å². The van der Waals surface area contributed by atoms with Gasteiger partial charge in [-0.1, -0.05) is 0 Å². The van der Waals surface area contributed by atoms with Gasteiger partial charge in [-0.2, -0.15) is 13.2 Å². The highest BCUT2D eigenvalue weighted by molar-refractivity contribution is 5.94. The summed E-state index contributed by atoms with van der Waals surface area (Å²) in [5.41, 5.74) is 0.106. The second kappa shape index (κ2) is 8.64. The van der Waals surface area contributed by atoms with E-state index in [1.807, 2.05) is 0 Å². The summed E-state index contributed by atoms with van der Waals surface area (Å²) in [5.74, 6) is -4.43. The Labute approximate surface area is 152 Å². The lowest BCUT2D eigenvalue weighted by Crippen LogP contribution is -2.39. The van der Waals surface area contributed by atoms with E-state index < -0.39 is 23.8 Å². The van der Waals surface area contributed by atoms with Gasteiger partial charge in [-0.15, -0.1) is 0 Å². The van der Waals surface area contributed by atoms with E-state index in [0.717, 1.165) is 44.1 Å². The first kappa shape index (κ1) is 21.1. The number of hydrogen-bond donors (Lipinski definition) is 1. The van der Waals surface area contributed by atoms with Gasteiger partial charge in [0.05, 0.1) is 0 Å². The van der Waals surface area contributed by atoms with Crippen molar-refractivity contribution in [2.45, 2.75) is 31.5 Å². The molecule has 2 aliphatic rings. The number of fused-ring (bicyclic) bond motifs is 1. The van der Waals surface area contributed by atoms with Crippen LogP contribution in [0, 0.1) is 11.6 Å². The predicted octanol–water partition coefficient (Wildman–Crippen LogP) is 2.91. The zero-order valence-electron chi connectivity index (χ0n) is 14.3. The highest BCUT2D eigenvalue weighted by Crippen LogP contribution is 2.22. The van der Waals surface area contributed by atoms with Crippen molar-refractivity contribution in [3.8, 4) is 0 Å². The number of benzene rings is 1. The van der Waals surface area contributed by atoms with Gasteiger partial charge in [-0.05, 0) is 37.9 Å². The van der Waals surface area contributed by atoms with E-state index >= 15 is 0 Å². The third kappa shape index (κ3) is 5.88. The first-order valence-electron chi connectivity index (χ1n) is 8.37. The van der Waals surface area contributed by atoms with Gasteiger partial charge in [0.15, 0.2) is 0 Å². The maximum atomic E-state index is 13.2. The Balaban J connectivity index is 0.000000321. The zero-order valence-corrected chi connectivity index (χ0v) is 14.3. The molecule has 1 aromatic carbocycles. The molecule has 1 N–H and O–H groups in total. The summed E-state index contributed by atoms with van der Waals surface area (Å²) in [6.07, 6.45) is -1.90. The molecule has 0 bridgehead atoms. The number of aliphatic carboxylic acids is 1. The molecule has 0 aromatic heterocycles. The molecule has 1 aromatic rings. The van der Waals surface area contributed by atoms with Crippen LogP contribution >= 0.6 is 0 Å². The van der Waals surface area contributed by atoms with Gasteiger partial charge in [-0.25, -0.2) is 13.6 Å². The summed E-state index contributed by atoms with van der Waals surface area (Å²) in [5, 5.41) is 7.12. The summed E-state index contributed by atoms with van der Waals surface area (Å²) in [6, 6.07) is 3.42. The molecular weight excluding hydrogens is 375 g/mol. The maximum Gasteiger partial charge on any atom is 0.490 e. The number of amides is 1. The summed E-state index contributed by atoms with van der Waals surface area (Å²) in [6.45, 7) is 3.42. The standard InChI is InChI=1S/C15H18F2N2O.C2HF3O2/c16-12-7-11(8-13(17)9-12)15(20)19-6-2-5-18-4-1-3-14(18)10-19;3-2(4,5)1(6)7/h7-9,14H,1-6,10H2;(H,6,7). The Bertz CT molecular complexity index is 675. The van der Waals surface area contributed by atoms with Crippen LogP contribution in [0.4, 0.5) is 22.0 Å². The van der Waals surface area contributed by atoms with Crippen molar-refractivity contribution in [1.29, 1.82) is 0 Å². The minimum atomic E-state index is -5.08. The minimum absolute atomic E-state index is 0.106. The van der Waals surface area contributed by atoms with Gasteiger partial charge >= 0.3 is 12.1 Å². The number of carboxylic acid groups (broad SMARTS) is 1. The normalized spacial score (nSPS) is 20.3. The molecule has 2 heterocycles. The van der Waals surface area contributed by atoms with Crippen LogP contribution in [0.15, 0.2) is 18.2 Å². The van der Waals surface area contributed by atoms with Crippen LogP contribution < -0.4 is 0 Å². The zero-order chi connectivity index (χ0) is 20.2. The number of halogens is 5. The fraction of sp³-hybridized carbons (Fsp3) is 0.529. The Morgan fingerprint density at radius 2 is 1.56 bits per heavy atom. The molecule has 3 rings (SSSR count). The molecule has 2 fully saturated rings. The number of carbonyl (C=O) groups excluding carboxylic acids is 1. The Morgan fingerprint density at radius 3 is 2.11 bits per heavy atom. The van der Waals surface area contributed by atoms with E-state index in [2.05, 4.69) is 4.90 Å². The molecule has 1 atom stereocenters. The topological polar surface area (TPSA) is 60.9 Å². The highest BCUT2D eigenvalue weighted by Gasteiger charge is 2.38. The van der Waals surface area contributed by atoms with Crippen molar-refractivity contribution < 1.29 is 36.6 Å². The Morgan fingerprint density at radius 1 is 1.00 bits per heavy atom. The molecule has 2 saturated heterocycles. The van der Waals surface area contributed by atoms with Crippen LogP contribution in [0.2, 0.25) is 0 Å². The third-order valence-electron chi connectivity index (χ3n) is 4.44. The van der Waals surface area contributed by atoms with Crippen LogP contribution in [0.3, 0.4) is 0 Å². The van der Waals surface area contributed by atoms with Crippen molar-refractivity contribution >= 4 is 11.9 Å². The Kier molecular flexibility index (Phi) is 6.74. The molecule has 5 nitrogen and oxygen atoms in total. The average Bonchev–Trinajstić information content (AvgIpc) is 2.90. The summed E-state index contributed by atoms with van der Waals surface area (Å²) >= 11 is 0. The van der Waals surface area contributed by atoms with Crippen LogP contribution in [0.5, 0.6) is 0 Å². The van der Waals surface area contributed by atoms with Crippen molar-refractivity contribution in [2.75, 3.05) is 26.2 Å². The molecule has 1 unspecified atom stereocenters. The quantitative estimate of drug-likeness (QED) is 0.745. The van der Waals surface area contributed by atoms with Gasteiger partial charge in [0.25, 0.3) is 5.91 Å². The fourth-order valence-corrected chi connectivity index (χ4v) is 3.25. The maximum absolute atomic E-state index is 13.2. The van der Waals surface area contributed by atoms with Crippen molar-refractivity contribution in [3.63, 3.8) is 0 Å². The van der Waals surface area contributed by atoms with E-state index in [9.17, 15) is 26.7 Å². The molecule has 0 saturated carbocycles. The van der Waals surface area contributed by atoms with Gasteiger partial charge in [-0.3, -0.25) is 9.69 Å². The lowest BCUT2D eigenvalue weighted by Gasteiger charge is -2.25. The molecule has 1 amide bonds. The largest absolute Gasteiger partial charge is 0.490 e. The van der Waals surface area contributed by atoms with Crippen LogP contribution in [0.1, 0.15) is 29.6 Å². The second-order valence-corrected chi connectivity index (χ2v) is 6.40. The summed E-state index contributed by atoms with van der Waals surface area (Å²) in [4.78, 5) is 25.5. The third-order valence-corrected chi connectivity index (χ3v) is 4.44. The van der Waals surface area contributed by atoms with Crippen LogP contribution in [-0.4, -0.2) is 65.2 Å². The molecule has 0 radical (unpaired) electrons. The lowest BCUT2D eigenvalue weighted by molar-refractivity contribution is -0.192. The number of alkyl halides is 3. The van der Waals surface area contributed by atoms with E-state index in [0.29, 0.717) is 19.1 Å². The fourth-order valence-electron chi connectivity index (χ4n) is 3.25. The smallest absolute Gasteiger partial charge is 0.475 e. The van der Waals surface area contributed by atoms with Gasteiger partial charge in [0.1, 0.15) is 11.6 Å². The SMILES string of the molecule is O=C(O)C(F)(F)F.O=C(c1cc(F)cc(F)c1)N1CCCN2CCCC2C1. The summed E-state index contributed by atoms with van der Waals surface area (Å²) in [7, 11) is 0. The monoisotopic (exact) mass is 394 g/mol. The van der Waals surface area contributed by atoms with E-state index in [1.165, 1.54) is 6.42 Å². The number of carboxylic acids is 1. The summed E-state index contributed by atoms with van der Waals surface area (Å²) < 4.78 is 58.2. The Hall–Kier alpha value is -2.23. The van der Waals surface area contributed by atoms with Crippen molar-refractivity contribution in [2.24, 2.45) is 0 Å². The second-order valence-electron chi connectivity index (χ2n) is 6.40. The molecule has 2 aliphatic heterocycles. The molecule has 27 heavy (non-hydrogen) atoms. The van der Waals surface area contributed by atoms with Crippen molar-refractivity contribution in [1.82, 2.24) is 9.80 Å². The van der Waals surface area contributed by atoms with Crippen molar-refractivity contribution in [3.05, 3.63) is 35.4 Å². The molecular formula is C17H19F5N2O3. The highest BCUT2D eigenvalue weighted by atomic mass is 19.4. The average molecular weight is 394 g/mol. The van der Waals surface area contributed by atoms with Gasteiger partial charge in [0, 0.05) is 37.3 Å². The number of hydrogen-bond acceptors (Lipinski definition) is 3. The van der Waals surface area contributed by atoms with E-state index in [4.69, 9.17) is 9.90 Å². The van der Waals surface area contributed by atoms with Crippen LogP contribution in [-0.2, 0) is 4.79 Å². The molecule has 0 spiro atoms. The molecule has 0 aliphatic carbocycles. The van der Waals surface area contributed by atoms with E-state index in [-0.39, 0.29) is 11.5 Å². The first-order valence-corrected chi connectivity index (χ1v) is 8.37. The van der Waals surface area contributed by atoms with Crippen LogP contribution in [0.25, 0.3) is 0 Å². The van der Waals surface area contributed by atoms with E-state index in [1.54, 1.807) is 4.90 Å². The minimum Gasteiger partial charge on any atom is -0.475 e. The van der Waals surface area contributed by atoms with Gasteiger partial charge < -0.3 is 10.0 Å². The lowest BCUT2D eigenvalue weighted by atomic mass is 10.1. The number of carbonyl (C=O) groups is 2. The molecule has 10 heteroatoms. The number of rotatable bonds is 1. The number of nitrogens with zero attached hydrogens (tertiary/aromatic N) is 2.